The highest BCUT2D eigenvalue weighted by Gasteiger charge is 2.27. The lowest BCUT2D eigenvalue weighted by Crippen LogP contribution is -2.37. The molecule has 9 heteroatoms. The molecule has 1 aliphatic heterocycles. The number of imidazole rings is 1. The van der Waals surface area contributed by atoms with Gasteiger partial charge in [0.25, 0.3) is 5.91 Å². The Hall–Kier alpha value is -3.46. The largest absolute Gasteiger partial charge is 0.453 e. The first-order valence-corrected chi connectivity index (χ1v) is 12.1. The molecule has 3 aromatic rings. The number of nitrogens with one attached hydrogen (secondary N) is 2. The minimum atomic E-state index is -0.825. The first-order valence-electron chi connectivity index (χ1n) is 12.1. The lowest BCUT2D eigenvalue weighted by Gasteiger charge is -2.28. The van der Waals surface area contributed by atoms with Crippen LogP contribution in [0.3, 0.4) is 0 Å². The third-order valence-electron chi connectivity index (χ3n) is 6.67. The van der Waals surface area contributed by atoms with Crippen LogP contribution < -0.4 is 20.5 Å². The predicted molar refractivity (Wildman–Crippen MR) is 128 cm³/mol. The molecule has 0 bridgehead atoms. The molecular weight excluding hydrogens is 452 g/mol. The van der Waals surface area contributed by atoms with Gasteiger partial charge in [-0.1, -0.05) is 19.3 Å². The highest BCUT2D eigenvalue weighted by atomic mass is 19.1. The second kappa shape index (κ2) is 10.4. The van der Waals surface area contributed by atoms with Crippen molar-refractivity contribution in [3.63, 3.8) is 0 Å². The van der Waals surface area contributed by atoms with E-state index in [1.54, 1.807) is 18.6 Å². The van der Waals surface area contributed by atoms with Crippen LogP contribution in [0.1, 0.15) is 48.0 Å². The summed E-state index contributed by atoms with van der Waals surface area (Å²) in [5, 5.41) is 5.04. The standard InChI is InChI=1S/C26H29F2N5O2/c27-20-6-7-24(22(28)13-20)35-25-12-19-15-31-33(16-18-4-2-1-3-5-18)23(19)14-21(25)26(34)30-9-11-32-10-8-29-17-32/h6-8,10,12-14,17-18,31H,1-5,9,11,15-16H2,(H,30,34). The molecule has 1 aromatic heterocycles. The smallest absolute Gasteiger partial charge is 0.255 e. The van der Waals surface area contributed by atoms with E-state index in [9.17, 15) is 13.6 Å². The molecule has 2 heterocycles. The zero-order valence-electron chi connectivity index (χ0n) is 19.5. The Balaban J connectivity index is 1.40. The van der Waals surface area contributed by atoms with Gasteiger partial charge in [-0.15, -0.1) is 0 Å². The molecular formula is C26H29F2N5O2. The molecule has 5 rings (SSSR count). The van der Waals surface area contributed by atoms with Crippen molar-refractivity contribution in [2.45, 2.75) is 45.2 Å². The van der Waals surface area contributed by atoms with Gasteiger partial charge in [-0.3, -0.25) is 4.79 Å². The van der Waals surface area contributed by atoms with Gasteiger partial charge < -0.3 is 19.6 Å². The first-order chi connectivity index (χ1) is 17.1. The van der Waals surface area contributed by atoms with Gasteiger partial charge in [0.1, 0.15) is 11.6 Å². The van der Waals surface area contributed by atoms with Crippen LogP contribution in [0.2, 0.25) is 0 Å². The van der Waals surface area contributed by atoms with Crippen molar-refractivity contribution in [1.82, 2.24) is 20.3 Å². The number of amides is 1. The Morgan fingerprint density at radius 3 is 2.77 bits per heavy atom. The molecule has 2 aromatic carbocycles. The molecule has 7 nitrogen and oxygen atoms in total. The van der Waals surface area contributed by atoms with Crippen molar-refractivity contribution in [3.8, 4) is 11.5 Å². The lowest BCUT2D eigenvalue weighted by molar-refractivity contribution is 0.0950. The fraction of sp³-hybridized carbons (Fsp3) is 0.385. The predicted octanol–water partition coefficient (Wildman–Crippen LogP) is 4.79. The van der Waals surface area contributed by atoms with Gasteiger partial charge in [0, 0.05) is 44.6 Å². The van der Waals surface area contributed by atoms with Gasteiger partial charge in [-0.2, -0.15) is 0 Å². The number of aromatic nitrogens is 2. The summed E-state index contributed by atoms with van der Waals surface area (Å²) in [7, 11) is 0. The third-order valence-corrected chi connectivity index (χ3v) is 6.67. The first kappa shape index (κ1) is 23.3. The maximum atomic E-state index is 14.3. The highest BCUT2D eigenvalue weighted by molar-refractivity contribution is 5.98. The number of carbonyl (C=O) groups is 1. The summed E-state index contributed by atoms with van der Waals surface area (Å²) < 4.78 is 35.4. The summed E-state index contributed by atoms with van der Waals surface area (Å²) in [4.78, 5) is 17.2. The SMILES string of the molecule is O=C(NCCn1ccnc1)c1cc2c(cc1Oc1ccc(F)cc1F)CNN2CC1CCCCC1. The summed E-state index contributed by atoms with van der Waals surface area (Å²) >= 11 is 0. The summed E-state index contributed by atoms with van der Waals surface area (Å²) in [6.07, 6.45) is 11.4. The van der Waals surface area contributed by atoms with Crippen LogP contribution in [-0.4, -0.2) is 28.5 Å². The van der Waals surface area contributed by atoms with Crippen LogP contribution in [0, 0.1) is 17.6 Å². The quantitative estimate of drug-likeness (QED) is 0.484. The molecule has 0 saturated heterocycles. The number of halogens is 2. The normalized spacial score (nSPS) is 15.8. The van der Waals surface area contributed by atoms with Gasteiger partial charge in [0.15, 0.2) is 11.6 Å². The van der Waals surface area contributed by atoms with Crippen LogP contribution in [0.15, 0.2) is 49.1 Å². The van der Waals surface area contributed by atoms with Crippen molar-refractivity contribution in [1.29, 1.82) is 0 Å². The van der Waals surface area contributed by atoms with Gasteiger partial charge >= 0.3 is 0 Å². The number of rotatable bonds is 8. The molecule has 1 fully saturated rings. The van der Waals surface area contributed by atoms with E-state index in [0.29, 0.717) is 31.1 Å². The number of benzene rings is 2. The van der Waals surface area contributed by atoms with E-state index in [1.165, 1.54) is 38.2 Å². The number of carbonyl (C=O) groups excluding carboxylic acids is 1. The Kier molecular flexibility index (Phi) is 6.94. The minimum Gasteiger partial charge on any atom is -0.453 e. The maximum absolute atomic E-state index is 14.3. The number of hydrogen-bond acceptors (Lipinski definition) is 5. The van der Waals surface area contributed by atoms with Crippen LogP contribution in [-0.2, 0) is 13.1 Å². The van der Waals surface area contributed by atoms with E-state index in [2.05, 4.69) is 20.7 Å². The second-order valence-electron chi connectivity index (χ2n) is 9.16. The number of hydrogen-bond donors (Lipinski definition) is 2. The maximum Gasteiger partial charge on any atom is 0.255 e. The van der Waals surface area contributed by atoms with E-state index in [-0.39, 0.29) is 17.4 Å². The van der Waals surface area contributed by atoms with Crippen molar-refractivity contribution in [2.24, 2.45) is 5.92 Å². The molecule has 0 unspecified atom stereocenters. The molecule has 35 heavy (non-hydrogen) atoms. The highest BCUT2D eigenvalue weighted by Crippen LogP contribution is 2.37. The van der Waals surface area contributed by atoms with Crippen LogP contribution in [0.4, 0.5) is 14.5 Å². The minimum absolute atomic E-state index is 0.135. The van der Waals surface area contributed by atoms with E-state index >= 15 is 0 Å². The summed E-state index contributed by atoms with van der Waals surface area (Å²) in [5.74, 6) is -1.13. The van der Waals surface area contributed by atoms with Gasteiger partial charge in [0.05, 0.1) is 17.6 Å². The van der Waals surface area contributed by atoms with Gasteiger partial charge in [-0.05, 0) is 48.6 Å². The van der Waals surface area contributed by atoms with E-state index in [4.69, 9.17) is 4.74 Å². The van der Waals surface area contributed by atoms with Crippen molar-refractivity contribution < 1.29 is 18.3 Å². The third kappa shape index (κ3) is 5.45. The average Bonchev–Trinajstić information content (AvgIpc) is 3.51. The lowest BCUT2D eigenvalue weighted by atomic mass is 9.89. The summed E-state index contributed by atoms with van der Waals surface area (Å²) in [5.41, 5.74) is 5.62. The molecule has 1 amide bonds. The van der Waals surface area contributed by atoms with Crippen LogP contribution in [0.25, 0.3) is 0 Å². The Bertz CT molecular complexity index is 1180. The number of nitrogens with zero attached hydrogens (tertiary/aromatic N) is 3. The van der Waals surface area contributed by atoms with E-state index in [1.807, 2.05) is 16.8 Å². The molecule has 2 N–H and O–H groups in total. The fourth-order valence-corrected chi connectivity index (χ4v) is 4.81. The summed E-state index contributed by atoms with van der Waals surface area (Å²) in [6, 6.07) is 6.70. The number of hydrazine groups is 1. The zero-order valence-corrected chi connectivity index (χ0v) is 19.5. The molecule has 0 atom stereocenters. The van der Waals surface area contributed by atoms with Crippen molar-refractivity contribution in [3.05, 3.63) is 71.8 Å². The molecule has 0 radical (unpaired) electrons. The Morgan fingerprint density at radius 1 is 1.14 bits per heavy atom. The molecule has 1 aliphatic carbocycles. The van der Waals surface area contributed by atoms with E-state index < -0.39 is 11.6 Å². The molecule has 2 aliphatic rings. The van der Waals surface area contributed by atoms with Crippen molar-refractivity contribution in [2.75, 3.05) is 18.1 Å². The monoisotopic (exact) mass is 481 g/mol. The van der Waals surface area contributed by atoms with E-state index in [0.717, 1.165) is 29.9 Å². The van der Waals surface area contributed by atoms with Gasteiger partial charge in [0.2, 0.25) is 0 Å². The Morgan fingerprint density at radius 2 is 2.00 bits per heavy atom. The van der Waals surface area contributed by atoms with Crippen LogP contribution >= 0.6 is 0 Å². The molecule has 0 spiro atoms. The number of anilines is 1. The molecule has 184 valence electrons. The summed E-state index contributed by atoms with van der Waals surface area (Å²) in [6.45, 7) is 2.42. The van der Waals surface area contributed by atoms with Crippen molar-refractivity contribution >= 4 is 11.6 Å². The Labute approximate surface area is 203 Å². The second-order valence-corrected chi connectivity index (χ2v) is 9.16. The fourth-order valence-electron chi connectivity index (χ4n) is 4.81. The topological polar surface area (TPSA) is 71.4 Å². The zero-order chi connectivity index (χ0) is 24.2. The number of fused-ring (bicyclic) bond motifs is 1. The average molecular weight is 482 g/mol. The molecule has 1 saturated carbocycles. The van der Waals surface area contributed by atoms with Crippen LogP contribution in [0.5, 0.6) is 11.5 Å². The number of ether oxygens (including phenoxy) is 1. The van der Waals surface area contributed by atoms with Gasteiger partial charge in [-0.25, -0.2) is 19.2 Å².